The van der Waals surface area contributed by atoms with Crippen LogP contribution in [0, 0.1) is 5.92 Å². The summed E-state index contributed by atoms with van der Waals surface area (Å²) in [6, 6.07) is 10.2. The smallest absolute Gasteiger partial charge is 0.223 e. The normalized spacial score (nSPS) is 16.3. The van der Waals surface area contributed by atoms with E-state index in [0.717, 1.165) is 5.56 Å². The Morgan fingerprint density at radius 1 is 1.09 bits per heavy atom. The number of benzene rings is 2. The predicted molar refractivity (Wildman–Crippen MR) is 129 cm³/mol. The monoisotopic (exact) mass is 514 g/mol. The van der Waals surface area contributed by atoms with Crippen molar-refractivity contribution in [3.63, 3.8) is 0 Å². The summed E-state index contributed by atoms with van der Waals surface area (Å²) < 4.78 is 37.8. The van der Waals surface area contributed by atoms with E-state index < -0.39 is 10.0 Å². The van der Waals surface area contributed by atoms with Crippen LogP contribution in [0.15, 0.2) is 36.4 Å². The van der Waals surface area contributed by atoms with E-state index >= 15 is 0 Å². The number of hydrogen-bond donors (Lipinski definition) is 1. The molecule has 1 aliphatic rings. The number of nitrogens with zero attached hydrogens (tertiary/aromatic N) is 1. The van der Waals surface area contributed by atoms with Crippen LogP contribution >= 0.6 is 23.2 Å². The highest BCUT2D eigenvalue weighted by molar-refractivity contribution is 7.88. The number of hydrogen-bond acceptors (Lipinski definition) is 5. The Kier molecular flexibility index (Phi) is 8.50. The fourth-order valence-corrected chi connectivity index (χ4v) is 6.19. The summed E-state index contributed by atoms with van der Waals surface area (Å²) in [7, 11) is -0.474. The highest BCUT2D eigenvalue weighted by atomic mass is 35.5. The number of piperidine rings is 1. The van der Waals surface area contributed by atoms with Crippen molar-refractivity contribution in [3.05, 3.63) is 57.6 Å². The Morgan fingerprint density at radius 3 is 2.27 bits per heavy atom. The standard InChI is InChI=1S/C23H28Cl2N2O5S/c1-15(17-7-8-21(31-2)22(13-17)32-3)26-23(28)16-9-11-27(12-10-16)33(29,30)14-18-19(24)5-4-6-20(18)25/h4-8,13,15-16H,9-12,14H2,1-3H3,(H,26,28)/t15-/m1/s1. The number of rotatable bonds is 8. The Balaban J connectivity index is 1.58. The van der Waals surface area contributed by atoms with E-state index in [-0.39, 0.29) is 36.7 Å². The zero-order valence-electron chi connectivity index (χ0n) is 18.8. The zero-order chi connectivity index (χ0) is 24.2. The number of sulfonamides is 1. The molecular formula is C23H28Cl2N2O5S. The SMILES string of the molecule is COc1ccc([C@@H](C)NC(=O)C2CCN(S(=O)(=O)Cc3c(Cl)cccc3Cl)CC2)cc1OC. The topological polar surface area (TPSA) is 84.9 Å². The van der Waals surface area contributed by atoms with Gasteiger partial charge in [-0.2, -0.15) is 0 Å². The Bertz CT molecular complexity index is 1080. The summed E-state index contributed by atoms with van der Waals surface area (Å²) in [6.07, 6.45) is 0.889. The summed E-state index contributed by atoms with van der Waals surface area (Å²) >= 11 is 12.3. The summed E-state index contributed by atoms with van der Waals surface area (Å²) in [5.41, 5.74) is 1.28. The lowest BCUT2D eigenvalue weighted by Gasteiger charge is -2.31. The minimum absolute atomic E-state index is 0.0940. The number of carbonyl (C=O) groups is 1. The maximum Gasteiger partial charge on any atom is 0.223 e. The van der Waals surface area contributed by atoms with Crippen LogP contribution in [-0.4, -0.2) is 45.9 Å². The first kappa shape index (κ1) is 25.6. The van der Waals surface area contributed by atoms with Crippen LogP contribution in [0.3, 0.4) is 0 Å². The van der Waals surface area contributed by atoms with E-state index in [9.17, 15) is 13.2 Å². The highest BCUT2D eigenvalue weighted by Gasteiger charge is 2.32. The number of ether oxygens (including phenoxy) is 2. The lowest BCUT2D eigenvalue weighted by molar-refractivity contribution is -0.126. The molecule has 3 rings (SSSR count). The maximum absolute atomic E-state index is 12.9. The van der Waals surface area contributed by atoms with Crippen molar-refractivity contribution >= 4 is 39.1 Å². The second-order valence-corrected chi connectivity index (χ2v) is 10.8. The molecule has 0 bridgehead atoms. The van der Waals surface area contributed by atoms with Gasteiger partial charge in [-0.3, -0.25) is 4.79 Å². The third kappa shape index (κ3) is 6.12. The molecule has 0 spiro atoms. The molecule has 2 aromatic carbocycles. The van der Waals surface area contributed by atoms with Crippen molar-refractivity contribution < 1.29 is 22.7 Å². The fourth-order valence-electron chi connectivity index (χ4n) is 3.88. The lowest BCUT2D eigenvalue weighted by atomic mass is 9.96. The van der Waals surface area contributed by atoms with E-state index in [2.05, 4.69) is 5.32 Å². The van der Waals surface area contributed by atoms with Crippen LogP contribution in [0.2, 0.25) is 10.0 Å². The molecule has 1 atom stereocenters. The van der Waals surface area contributed by atoms with E-state index in [1.54, 1.807) is 38.5 Å². The van der Waals surface area contributed by atoms with Crippen molar-refractivity contribution in [1.82, 2.24) is 9.62 Å². The van der Waals surface area contributed by atoms with Gasteiger partial charge in [0, 0.05) is 34.6 Å². The van der Waals surface area contributed by atoms with Gasteiger partial charge in [0.05, 0.1) is 26.0 Å². The van der Waals surface area contributed by atoms with Gasteiger partial charge in [0.15, 0.2) is 11.5 Å². The maximum atomic E-state index is 12.9. The van der Waals surface area contributed by atoms with Gasteiger partial charge in [0.25, 0.3) is 0 Å². The van der Waals surface area contributed by atoms with Crippen LogP contribution < -0.4 is 14.8 Å². The second kappa shape index (κ2) is 11.0. The molecule has 1 heterocycles. The second-order valence-electron chi connectivity index (χ2n) is 7.97. The summed E-state index contributed by atoms with van der Waals surface area (Å²) in [4.78, 5) is 12.8. The predicted octanol–water partition coefficient (Wildman–Crippen LogP) is 4.43. The van der Waals surface area contributed by atoms with Gasteiger partial charge in [0.1, 0.15) is 0 Å². The molecule has 2 aromatic rings. The molecule has 0 radical (unpaired) electrons. The minimum Gasteiger partial charge on any atom is -0.493 e. The molecule has 180 valence electrons. The van der Waals surface area contributed by atoms with Crippen LogP contribution in [0.4, 0.5) is 0 Å². The molecule has 0 aliphatic carbocycles. The molecule has 33 heavy (non-hydrogen) atoms. The highest BCUT2D eigenvalue weighted by Crippen LogP contribution is 2.31. The van der Waals surface area contributed by atoms with Crippen molar-refractivity contribution in [2.45, 2.75) is 31.6 Å². The summed E-state index contributed by atoms with van der Waals surface area (Å²) in [5.74, 6) is 0.588. The summed E-state index contributed by atoms with van der Waals surface area (Å²) in [5, 5.41) is 3.67. The van der Waals surface area contributed by atoms with Crippen LogP contribution in [-0.2, 0) is 20.6 Å². The quantitative estimate of drug-likeness (QED) is 0.563. The molecule has 1 aliphatic heterocycles. The molecule has 0 aromatic heterocycles. The summed E-state index contributed by atoms with van der Waals surface area (Å²) in [6.45, 7) is 2.44. The van der Waals surface area contributed by atoms with Crippen LogP contribution in [0.1, 0.15) is 36.9 Å². The molecule has 1 N–H and O–H groups in total. The van der Waals surface area contributed by atoms with E-state index in [1.807, 2.05) is 19.1 Å². The Hall–Kier alpha value is -2.00. The van der Waals surface area contributed by atoms with Crippen molar-refractivity contribution in [2.75, 3.05) is 27.3 Å². The van der Waals surface area contributed by atoms with Gasteiger partial charge in [0.2, 0.25) is 15.9 Å². The third-order valence-corrected chi connectivity index (χ3v) is 8.39. The van der Waals surface area contributed by atoms with Crippen LogP contribution in [0.25, 0.3) is 0 Å². The molecule has 1 amide bonds. The molecule has 7 nitrogen and oxygen atoms in total. The third-order valence-electron chi connectivity index (χ3n) is 5.87. The van der Waals surface area contributed by atoms with Crippen LogP contribution in [0.5, 0.6) is 11.5 Å². The van der Waals surface area contributed by atoms with Gasteiger partial charge in [-0.05, 0) is 49.6 Å². The fraction of sp³-hybridized carbons (Fsp3) is 0.435. The first-order valence-corrected chi connectivity index (χ1v) is 13.0. The Labute approximate surface area is 205 Å². The average Bonchev–Trinajstić information content (AvgIpc) is 2.81. The first-order valence-electron chi connectivity index (χ1n) is 10.6. The molecule has 0 unspecified atom stereocenters. The van der Waals surface area contributed by atoms with Crippen molar-refractivity contribution in [3.8, 4) is 11.5 Å². The van der Waals surface area contributed by atoms with E-state index in [1.165, 1.54) is 4.31 Å². The van der Waals surface area contributed by atoms with Gasteiger partial charge in [-0.15, -0.1) is 0 Å². The van der Waals surface area contributed by atoms with Gasteiger partial charge >= 0.3 is 0 Å². The molecule has 1 fully saturated rings. The average molecular weight is 515 g/mol. The van der Waals surface area contributed by atoms with Crippen molar-refractivity contribution in [2.24, 2.45) is 5.92 Å². The van der Waals surface area contributed by atoms with Gasteiger partial charge in [-0.1, -0.05) is 35.3 Å². The number of methoxy groups -OCH3 is 2. The number of halogens is 2. The molecule has 1 saturated heterocycles. The largest absolute Gasteiger partial charge is 0.493 e. The number of nitrogens with one attached hydrogen (secondary N) is 1. The molecule has 0 saturated carbocycles. The minimum atomic E-state index is -3.60. The molecular weight excluding hydrogens is 487 g/mol. The zero-order valence-corrected chi connectivity index (χ0v) is 21.1. The van der Waals surface area contributed by atoms with Gasteiger partial charge in [-0.25, -0.2) is 12.7 Å². The van der Waals surface area contributed by atoms with Crippen molar-refractivity contribution in [1.29, 1.82) is 0 Å². The number of carbonyl (C=O) groups excluding carboxylic acids is 1. The lowest BCUT2D eigenvalue weighted by Crippen LogP contribution is -2.43. The number of amides is 1. The van der Waals surface area contributed by atoms with E-state index in [0.29, 0.717) is 39.9 Å². The Morgan fingerprint density at radius 2 is 1.70 bits per heavy atom. The molecule has 10 heteroatoms. The van der Waals surface area contributed by atoms with Gasteiger partial charge < -0.3 is 14.8 Å². The first-order chi connectivity index (χ1) is 15.7. The van der Waals surface area contributed by atoms with E-state index in [4.69, 9.17) is 32.7 Å².